The molecule has 2 amide bonds. The summed E-state index contributed by atoms with van der Waals surface area (Å²) in [5, 5.41) is 3.40. The highest BCUT2D eigenvalue weighted by Crippen LogP contribution is 2.34. The second-order valence-electron chi connectivity index (χ2n) is 12.2. The Kier molecular flexibility index (Phi) is 7.53. The fraction of sp³-hybridized carbons (Fsp3) is 0.562. The van der Waals surface area contributed by atoms with E-state index >= 15 is 0 Å². The van der Waals surface area contributed by atoms with E-state index in [4.69, 9.17) is 0 Å². The van der Waals surface area contributed by atoms with Crippen LogP contribution in [0.2, 0.25) is 0 Å². The molecule has 38 heavy (non-hydrogen) atoms. The molecule has 0 bridgehead atoms. The van der Waals surface area contributed by atoms with Crippen LogP contribution in [0.15, 0.2) is 54.6 Å². The number of likely N-dealkylation sites (N-methyl/N-ethyl adjacent to an activating group) is 1. The maximum atomic E-state index is 13.5. The Balaban J connectivity index is 1.02. The molecule has 3 fully saturated rings. The number of likely N-dealkylation sites (tertiary alicyclic amines) is 2. The van der Waals surface area contributed by atoms with Crippen LogP contribution in [0.4, 0.5) is 0 Å². The van der Waals surface area contributed by atoms with Gasteiger partial charge in [-0.15, -0.1) is 0 Å². The van der Waals surface area contributed by atoms with E-state index in [1.54, 1.807) is 0 Å². The minimum Gasteiger partial charge on any atom is -0.349 e. The molecular weight excluding hydrogens is 472 g/mol. The number of hydrogen-bond donors (Lipinski definition) is 1. The summed E-state index contributed by atoms with van der Waals surface area (Å²) in [6.07, 6.45) is 6.15. The summed E-state index contributed by atoms with van der Waals surface area (Å²) in [6.45, 7) is 5.69. The first kappa shape index (κ1) is 25.6. The molecule has 3 aliphatic heterocycles. The van der Waals surface area contributed by atoms with E-state index < -0.39 is 0 Å². The lowest BCUT2D eigenvalue weighted by Crippen LogP contribution is -2.50. The molecule has 2 aromatic carbocycles. The van der Waals surface area contributed by atoms with Crippen molar-refractivity contribution in [3.63, 3.8) is 0 Å². The average Bonchev–Trinajstić information content (AvgIpc) is 3.68. The molecule has 1 N–H and O–H groups in total. The van der Waals surface area contributed by atoms with Crippen LogP contribution in [-0.4, -0.2) is 72.3 Å². The summed E-state index contributed by atoms with van der Waals surface area (Å²) in [5.74, 6) is 1.85. The summed E-state index contributed by atoms with van der Waals surface area (Å²) >= 11 is 0. The molecule has 0 spiro atoms. The van der Waals surface area contributed by atoms with Crippen LogP contribution < -0.4 is 5.32 Å². The molecule has 2 aromatic rings. The van der Waals surface area contributed by atoms with E-state index in [1.807, 2.05) is 6.07 Å². The largest absolute Gasteiger partial charge is 0.349 e. The molecule has 3 unspecified atom stereocenters. The van der Waals surface area contributed by atoms with Gasteiger partial charge in [0.05, 0.1) is 12.1 Å². The molecule has 6 heteroatoms. The predicted octanol–water partition coefficient (Wildman–Crippen LogP) is 3.87. The molecular formula is C32H42N4O2. The Bertz CT molecular complexity index is 1120. The molecule has 1 aliphatic carbocycles. The van der Waals surface area contributed by atoms with Gasteiger partial charge in [-0.3, -0.25) is 14.5 Å². The van der Waals surface area contributed by atoms with Crippen LogP contribution in [0.1, 0.15) is 54.8 Å². The summed E-state index contributed by atoms with van der Waals surface area (Å²) < 4.78 is 0. The van der Waals surface area contributed by atoms with E-state index in [2.05, 4.69) is 75.6 Å². The van der Waals surface area contributed by atoms with Gasteiger partial charge in [-0.2, -0.15) is 0 Å². The van der Waals surface area contributed by atoms with Gasteiger partial charge in [0.25, 0.3) is 0 Å². The van der Waals surface area contributed by atoms with Crippen LogP contribution in [-0.2, 0) is 22.6 Å². The number of rotatable bonds is 7. The van der Waals surface area contributed by atoms with Crippen LogP contribution in [0.3, 0.4) is 0 Å². The molecule has 0 aromatic heterocycles. The molecule has 3 heterocycles. The first-order chi connectivity index (χ1) is 18.5. The number of nitrogens with one attached hydrogen (secondary N) is 1. The van der Waals surface area contributed by atoms with Crippen molar-refractivity contribution in [3.05, 3.63) is 71.3 Å². The number of fused-ring (bicyclic) bond motifs is 2. The number of nitrogens with zero attached hydrogens (tertiary/aromatic N) is 3. The third kappa shape index (κ3) is 5.39. The van der Waals surface area contributed by atoms with E-state index in [1.165, 1.54) is 29.5 Å². The van der Waals surface area contributed by atoms with Crippen LogP contribution in [0.5, 0.6) is 0 Å². The zero-order valence-corrected chi connectivity index (χ0v) is 22.7. The van der Waals surface area contributed by atoms with E-state index in [0.29, 0.717) is 17.7 Å². The highest BCUT2D eigenvalue weighted by Gasteiger charge is 2.43. The third-order valence-electron chi connectivity index (χ3n) is 9.62. The molecule has 4 atom stereocenters. The SMILES string of the molecule is CN1Cc2ccccc2C[C@H]1C(=O)N1CC2CN(CCC(NC(=O)C3CCCC3)c3ccccc3)CC2C1. The fourth-order valence-electron chi connectivity index (χ4n) is 7.39. The van der Waals surface area contributed by atoms with Crippen LogP contribution in [0.25, 0.3) is 0 Å². The molecule has 1 saturated carbocycles. The summed E-state index contributed by atoms with van der Waals surface area (Å²) in [5.41, 5.74) is 3.87. The highest BCUT2D eigenvalue weighted by atomic mass is 16.2. The van der Waals surface area contributed by atoms with Crippen molar-refractivity contribution in [2.24, 2.45) is 17.8 Å². The average molecular weight is 515 g/mol. The monoisotopic (exact) mass is 514 g/mol. The van der Waals surface area contributed by atoms with Crippen molar-refractivity contribution in [2.45, 2.75) is 57.2 Å². The number of benzene rings is 2. The molecule has 0 radical (unpaired) electrons. The minimum absolute atomic E-state index is 0.0464. The van der Waals surface area contributed by atoms with Gasteiger partial charge in [-0.25, -0.2) is 0 Å². The Morgan fingerprint density at radius 1 is 0.895 bits per heavy atom. The third-order valence-corrected chi connectivity index (χ3v) is 9.62. The number of carbonyl (C=O) groups is 2. The summed E-state index contributed by atoms with van der Waals surface area (Å²) in [6, 6.07) is 19.0. The second kappa shape index (κ2) is 11.2. The normalized spacial score (nSPS) is 26.8. The Hall–Kier alpha value is -2.70. The second-order valence-corrected chi connectivity index (χ2v) is 12.2. The Labute approximate surface area is 227 Å². The zero-order chi connectivity index (χ0) is 26.1. The smallest absolute Gasteiger partial charge is 0.240 e. The first-order valence-electron chi connectivity index (χ1n) is 14.7. The maximum Gasteiger partial charge on any atom is 0.240 e. The van der Waals surface area contributed by atoms with Gasteiger partial charge in [-0.1, -0.05) is 67.4 Å². The maximum absolute atomic E-state index is 13.5. The quantitative estimate of drug-likeness (QED) is 0.610. The fourth-order valence-corrected chi connectivity index (χ4v) is 7.39. The molecule has 4 aliphatic rings. The van der Waals surface area contributed by atoms with Crippen molar-refractivity contribution >= 4 is 11.8 Å². The van der Waals surface area contributed by atoms with E-state index in [-0.39, 0.29) is 23.9 Å². The van der Waals surface area contributed by atoms with Crippen molar-refractivity contribution in [1.29, 1.82) is 0 Å². The summed E-state index contributed by atoms with van der Waals surface area (Å²) in [4.78, 5) is 33.4. The topological polar surface area (TPSA) is 55.9 Å². The van der Waals surface area contributed by atoms with Gasteiger partial charge in [-0.05, 0) is 61.3 Å². The lowest BCUT2D eigenvalue weighted by atomic mass is 9.94. The number of carbonyl (C=O) groups excluding carboxylic acids is 2. The molecule has 6 nitrogen and oxygen atoms in total. The number of hydrogen-bond acceptors (Lipinski definition) is 4. The Morgan fingerprint density at radius 3 is 2.26 bits per heavy atom. The van der Waals surface area contributed by atoms with E-state index in [0.717, 1.165) is 65.0 Å². The van der Waals surface area contributed by atoms with Gasteiger partial charge >= 0.3 is 0 Å². The molecule has 2 saturated heterocycles. The van der Waals surface area contributed by atoms with Crippen LogP contribution in [0, 0.1) is 17.8 Å². The van der Waals surface area contributed by atoms with Gasteiger partial charge < -0.3 is 15.1 Å². The van der Waals surface area contributed by atoms with Gasteiger partial charge in [0.2, 0.25) is 11.8 Å². The summed E-state index contributed by atoms with van der Waals surface area (Å²) in [7, 11) is 2.09. The van der Waals surface area contributed by atoms with Crippen molar-refractivity contribution in [1.82, 2.24) is 20.0 Å². The van der Waals surface area contributed by atoms with Crippen molar-refractivity contribution < 1.29 is 9.59 Å². The lowest BCUT2D eigenvalue weighted by molar-refractivity contribution is -0.136. The first-order valence-corrected chi connectivity index (χ1v) is 14.7. The van der Waals surface area contributed by atoms with Gasteiger partial charge in [0.1, 0.15) is 0 Å². The molecule has 6 rings (SSSR count). The van der Waals surface area contributed by atoms with Gasteiger partial charge in [0, 0.05) is 45.2 Å². The zero-order valence-electron chi connectivity index (χ0n) is 22.7. The standard InChI is InChI=1S/C32H42N4O2/c1-34-18-26-14-8-7-13-25(26)17-30(34)32(38)36-21-27-19-35(20-28(27)22-36)16-15-29(23-9-3-2-4-10-23)33-31(37)24-11-5-6-12-24/h2-4,7-10,13-14,24,27-30H,5-6,11-12,15-22H2,1H3,(H,33,37)/t27?,28?,29?,30-/m0/s1. The van der Waals surface area contributed by atoms with E-state index in [9.17, 15) is 9.59 Å². The highest BCUT2D eigenvalue weighted by molar-refractivity contribution is 5.83. The predicted molar refractivity (Wildman–Crippen MR) is 149 cm³/mol. The number of amides is 2. The Morgan fingerprint density at radius 2 is 1.55 bits per heavy atom. The minimum atomic E-state index is -0.0464. The van der Waals surface area contributed by atoms with Crippen molar-refractivity contribution in [3.8, 4) is 0 Å². The molecule has 202 valence electrons. The van der Waals surface area contributed by atoms with Crippen molar-refractivity contribution in [2.75, 3.05) is 39.8 Å². The van der Waals surface area contributed by atoms with Gasteiger partial charge in [0.15, 0.2) is 0 Å². The lowest BCUT2D eigenvalue weighted by Gasteiger charge is -2.35. The van der Waals surface area contributed by atoms with Crippen LogP contribution >= 0.6 is 0 Å².